The molecule has 43 heavy (non-hydrogen) atoms. The molecule has 1 saturated carbocycles. The molecule has 0 saturated heterocycles. The number of thiazole rings is 1. The molecule has 1 fully saturated rings. The zero-order valence-electron chi connectivity index (χ0n) is 22.7. The van der Waals surface area contributed by atoms with Crippen molar-refractivity contribution in [2.75, 3.05) is 11.5 Å². The Labute approximate surface area is 251 Å². The van der Waals surface area contributed by atoms with Crippen LogP contribution >= 0.6 is 23.1 Å². The van der Waals surface area contributed by atoms with E-state index in [-0.39, 0.29) is 45.9 Å². The number of phenols is 2. The molecule has 1 unspecified atom stereocenters. The van der Waals surface area contributed by atoms with Gasteiger partial charge in [0.05, 0.1) is 11.5 Å². The highest BCUT2D eigenvalue weighted by Gasteiger charge is 2.57. The monoisotopic (exact) mass is 628 g/mol. The van der Waals surface area contributed by atoms with Crippen molar-refractivity contribution in [3.8, 4) is 11.5 Å². The fourth-order valence-corrected chi connectivity index (χ4v) is 6.79. The lowest BCUT2D eigenvalue weighted by Gasteiger charge is -2.45. The minimum atomic E-state index is -1.77. The van der Waals surface area contributed by atoms with Crippen LogP contribution in [0.4, 0.5) is 5.13 Å². The van der Waals surface area contributed by atoms with E-state index in [2.05, 4.69) is 15.5 Å². The number of pyridine rings is 1. The average molecular weight is 629 g/mol. The van der Waals surface area contributed by atoms with Gasteiger partial charge in [-0.2, -0.15) is 11.8 Å². The molecule has 3 heterocycles. The summed E-state index contributed by atoms with van der Waals surface area (Å²) in [6.45, 7) is 2.65. The minimum Gasteiger partial charge on any atom is -0.504 e. The summed E-state index contributed by atoms with van der Waals surface area (Å²) in [6, 6.07) is 3.49. The number of aromatic nitrogens is 2. The number of rotatable bonds is 9. The van der Waals surface area contributed by atoms with E-state index >= 15 is 0 Å². The molecule has 3 aromatic rings. The summed E-state index contributed by atoms with van der Waals surface area (Å²) in [7, 11) is 0. The van der Waals surface area contributed by atoms with Gasteiger partial charge in [0.1, 0.15) is 11.7 Å². The molecule has 14 nitrogen and oxygen atoms in total. The second-order valence-corrected chi connectivity index (χ2v) is 12.5. The van der Waals surface area contributed by atoms with Gasteiger partial charge in [-0.05, 0) is 31.4 Å². The van der Waals surface area contributed by atoms with Crippen LogP contribution < -0.4 is 15.6 Å². The molecule has 7 N–H and O–H groups in total. The number of fused-ring (bicyclic) bond motifs is 2. The van der Waals surface area contributed by atoms with E-state index in [0.29, 0.717) is 16.3 Å². The highest BCUT2D eigenvalue weighted by Crippen LogP contribution is 2.45. The Morgan fingerprint density at radius 2 is 1.91 bits per heavy atom. The number of aliphatic carboxylic acids is 2. The minimum absolute atomic E-state index is 0.0187. The zero-order valence-corrected chi connectivity index (χ0v) is 24.3. The number of aromatic hydroxyl groups is 2. The Balaban J connectivity index is 1.37. The van der Waals surface area contributed by atoms with Crippen LogP contribution in [-0.4, -0.2) is 77.4 Å². The van der Waals surface area contributed by atoms with Crippen molar-refractivity contribution in [1.29, 1.82) is 0 Å². The molecule has 0 bridgehead atoms. The van der Waals surface area contributed by atoms with E-state index in [1.807, 2.05) is 0 Å². The summed E-state index contributed by atoms with van der Waals surface area (Å²) in [5, 5.41) is 47.6. The Hall–Kier alpha value is -4.70. The van der Waals surface area contributed by atoms with Gasteiger partial charge in [0.25, 0.3) is 5.91 Å². The number of carboxylic acids is 2. The number of oxime groups is 1. The number of carboxylic acid groups (broad SMARTS) is 2. The maximum absolute atomic E-state index is 13.3. The number of carbonyl (C=O) groups is 4. The first-order chi connectivity index (χ1) is 20.3. The van der Waals surface area contributed by atoms with E-state index in [1.54, 1.807) is 23.0 Å². The van der Waals surface area contributed by atoms with Crippen LogP contribution in [0.5, 0.6) is 11.5 Å². The lowest BCUT2D eigenvalue weighted by molar-refractivity contribution is -0.687. The van der Waals surface area contributed by atoms with Crippen molar-refractivity contribution in [2.45, 2.75) is 37.3 Å². The second-order valence-electron chi connectivity index (χ2n) is 10.4. The predicted molar refractivity (Wildman–Crippen MR) is 155 cm³/mol. The van der Waals surface area contributed by atoms with E-state index in [9.17, 15) is 39.6 Å². The van der Waals surface area contributed by atoms with Gasteiger partial charge in [0.15, 0.2) is 47.1 Å². The van der Waals surface area contributed by atoms with Gasteiger partial charge in [-0.15, -0.1) is 11.3 Å². The number of nitrogens with one attached hydrogen (secondary N) is 1. The van der Waals surface area contributed by atoms with E-state index in [4.69, 9.17) is 10.6 Å². The number of nitrogen functional groups attached to an aromatic ring is 1. The first-order valence-corrected chi connectivity index (χ1v) is 14.7. The molecule has 3 atom stereocenters. The van der Waals surface area contributed by atoms with Crippen molar-refractivity contribution in [3.05, 3.63) is 52.8 Å². The molecule has 2 aliphatic rings. The number of nitrogens with zero attached hydrogens (tertiary/aromatic N) is 3. The molecular formula is C27H26N5O9S2+. The highest BCUT2D eigenvalue weighted by atomic mass is 32.2. The average Bonchev–Trinajstić information content (AvgIpc) is 3.37. The molecular weight excluding hydrogens is 602 g/mol. The molecule has 2 aromatic heterocycles. The summed E-state index contributed by atoms with van der Waals surface area (Å²) < 4.78 is 1.72. The molecule has 1 aromatic carbocycles. The number of ketones is 1. The van der Waals surface area contributed by atoms with Crippen LogP contribution in [0, 0.1) is 5.92 Å². The lowest BCUT2D eigenvalue weighted by atomic mass is 9.71. The van der Waals surface area contributed by atoms with Crippen molar-refractivity contribution in [2.24, 2.45) is 11.1 Å². The van der Waals surface area contributed by atoms with Crippen molar-refractivity contribution >= 4 is 68.3 Å². The molecule has 0 spiro atoms. The summed E-state index contributed by atoms with van der Waals surface area (Å²) in [5.74, 6) is -5.16. The maximum Gasteiger partial charge on any atom is 0.350 e. The number of phenolic OH excluding ortho intramolecular Hbond substituents is 2. The number of thioether (sulfide) groups is 1. The van der Waals surface area contributed by atoms with E-state index < -0.39 is 46.4 Å². The van der Waals surface area contributed by atoms with Crippen LogP contribution in [-0.2, 0) is 30.6 Å². The molecule has 1 amide bonds. The topological polar surface area (TPSA) is 226 Å². The number of Topliss-reactive ketones (excluding diaryl/α,β-unsaturated/α-hetero) is 1. The fourth-order valence-electron chi connectivity index (χ4n) is 4.74. The molecule has 16 heteroatoms. The first kappa shape index (κ1) is 29.8. The molecule has 1 aliphatic carbocycles. The standard InChI is InChI=1S/C27H25N5O9S2/c1-27(2,25(39)40)41-31-19(14-10-43-26(28)29-14)23(36)30-20-21(35)18-17(24(37)38)13(9-42-22(18)20)8-32-4-3-11-5-15(33)16(34)6-12(11)7-32/h3-7,10,18,20,22H,8-9H2,1-2H3,(H6,28,29,30,34,36,37,38,39,40)/p+1/b31-19-/t18?,20-,22+/m1/s1. The third-order valence-corrected chi connectivity index (χ3v) is 9.21. The molecule has 5 rings (SSSR count). The highest BCUT2D eigenvalue weighted by molar-refractivity contribution is 8.00. The SMILES string of the molecule is CC(C)(O/N=C(\C(=O)N[C@@H]1C(=O)C2C(C(=O)O)=C(C[n+]3ccc4cc(O)c(O)cc4c3)CS[C@@H]21)c1csc(N)n1)C(=O)O. The van der Waals surface area contributed by atoms with Gasteiger partial charge < -0.3 is 36.3 Å². The van der Waals surface area contributed by atoms with Gasteiger partial charge >= 0.3 is 11.9 Å². The largest absolute Gasteiger partial charge is 0.504 e. The number of hydrogen-bond acceptors (Lipinski definition) is 12. The van der Waals surface area contributed by atoms with Crippen LogP contribution in [0.15, 0.2) is 52.3 Å². The van der Waals surface area contributed by atoms with E-state index in [1.165, 1.54) is 43.1 Å². The van der Waals surface area contributed by atoms with E-state index in [0.717, 1.165) is 11.3 Å². The smallest absolute Gasteiger partial charge is 0.350 e. The Morgan fingerprint density at radius 1 is 1.21 bits per heavy atom. The van der Waals surface area contributed by atoms with Gasteiger partial charge in [0, 0.05) is 33.4 Å². The predicted octanol–water partition coefficient (Wildman–Crippen LogP) is 1.04. The number of benzene rings is 1. The second kappa shape index (κ2) is 11.2. The number of hydrogen-bond donors (Lipinski definition) is 6. The maximum atomic E-state index is 13.3. The van der Waals surface area contributed by atoms with Crippen LogP contribution in [0.25, 0.3) is 10.8 Å². The fraction of sp³-hybridized carbons (Fsp3) is 0.296. The van der Waals surface area contributed by atoms with Crippen LogP contribution in [0.3, 0.4) is 0 Å². The Morgan fingerprint density at radius 3 is 2.53 bits per heavy atom. The number of anilines is 1. The van der Waals surface area contributed by atoms with Crippen LogP contribution in [0.1, 0.15) is 19.5 Å². The summed E-state index contributed by atoms with van der Waals surface area (Å²) >= 11 is 2.35. The molecule has 0 radical (unpaired) electrons. The van der Waals surface area contributed by atoms with Crippen molar-refractivity contribution < 1.29 is 49.0 Å². The lowest BCUT2D eigenvalue weighted by Crippen LogP contribution is -2.66. The quantitative estimate of drug-likeness (QED) is 0.0846. The van der Waals surface area contributed by atoms with Gasteiger partial charge in [-0.25, -0.2) is 19.1 Å². The Kier molecular flexibility index (Phi) is 7.74. The number of carbonyl (C=O) groups excluding carboxylic acids is 2. The van der Waals surface area contributed by atoms with Gasteiger partial charge in [-0.3, -0.25) is 9.59 Å². The van der Waals surface area contributed by atoms with Gasteiger partial charge in [0.2, 0.25) is 5.60 Å². The Bertz CT molecular complexity index is 1750. The normalized spacial score (nSPS) is 20.4. The number of amides is 1. The summed E-state index contributed by atoms with van der Waals surface area (Å²) in [5.41, 5.74) is 4.04. The van der Waals surface area contributed by atoms with Crippen molar-refractivity contribution in [1.82, 2.24) is 10.3 Å². The van der Waals surface area contributed by atoms with Crippen molar-refractivity contribution in [3.63, 3.8) is 0 Å². The van der Waals surface area contributed by atoms with Crippen LogP contribution in [0.2, 0.25) is 0 Å². The number of nitrogens with two attached hydrogens (primary N) is 1. The first-order valence-electron chi connectivity index (χ1n) is 12.7. The third-order valence-electron chi connectivity index (χ3n) is 7.09. The third kappa shape index (κ3) is 5.70. The molecule has 1 aliphatic heterocycles. The van der Waals surface area contributed by atoms with Gasteiger partial charge in [-0.1, -0.05) is 5.16 Å². The summed E-state index contributed by atoms with van der Waals surface area (Å²) in [4.78, 5) is 59.5. The zero-order chi connectivity index (χ0) is 31.2. The summed E-state index contributed by atoms with van der Waals surface area (Å²) in [6.07, 6.45) is 3.40. The molecule has 224 valence electrons.